The third-order valence-corrected chi connectivity index (χ3v) is 5.11. The second kappa shape index (κ2) is 4.51. The fraction of sp³-hybridized carbons (Fsp3) is 0.316. The van der Waals surface area contributed by atoms with Crippen LogP contribution >= 0.6 is 0 Å². The Morgan fingerprint density at radius 2 is 2.08 bits per heavy atom. The van der Waals surface area contributed by atoms with Crippen LogP contribution < -0.4 is 14.2 Å². The molecule has 2 aromatic rings. The Labute approximate surface area is 139 Å². The zero-order valence-electron chi connectivity index (χ0n) is 13.5. The molecule has 1 atom stereocenters. The smallest absolute Gasteiger partial charge is 0.231 e. The van der Waals surface area contributed by atoms with Gasteiger partial charge in [-0.1, -0.05) is 6.07 Å². The van der Waals surface area contributed by atoms with E-state index in [2.05, 4.69) is 4.99 Å². The van der Waals surface area contributed by atoms with Crippen LogP contribution in [0.15, 0.2) is 29.3 Å². The lowest BCUT2D eigenvalue weighted by atomic mass is 9.72. The summed E-state index contributed by atoms with van der Waals surface area (Å²) in [5, 5.41) is 11.3. The second-order valence-corrected chi connectivity index (χ2v) is 6.48. The molecule has 24 heavy (non-hydrogen) atoms. The van der Waals surface area contributed by atoms with Crippen LogP contribution in [0.25, 0.3) is 11.1 Å². The first kappa shape index (κ1) is 13.9. The summed E-state index contributed by atoms with van der Waals surface area (Å²) in [5.74, 6) is 2.22. The molecule has 0 unspecified atom stereocenters. The number of hydrogen-bond donors (Lipinski definition) is 1. The SMILES string of the molecule is COc1ccc2c(c1)[C@@](C)(O)C1=NCCc3cc4c(c-2c31)OCO4. The fourth-order valence-corrected chi connectivity index (χ4v) is 3.98. The Morgan fingerprint density at radius 1 is 1.21 bits per heavy atom. The molecule has 0 bridgehead atoms. The molecular weight excluding hydrogens is 306 g/mol. The maximum atomic E-state index is 11.3. The van der Waals surface area contributed by atoms with Crippen LogP contribution in [-0.4, -0.2) is 31.3 Å². The number of fused-ring (bicyclic) bond motifs is 4. The van der Waals surface area contributed by atoms with Gasteiger partial charge in [0.1, 0.15) is 11.4 Å². The highest BCUT2D eigenvalue weighted by Crippen LogP contribution is 2.53. The minimum atomic E-state index is -1.17. The van der Waals surface area contributed by atoms with Crippen LogP contribution in [-0.2, 0) is 12.0 Å². The highest BCUT2D eigenvalue weighted by molar-refractivity contribution is 6.17. The van der Waals surface area contributed by atoms with E-state index >= 15 is 0 Å². The third kappa shape index (κ3) is 1.60. The van der Waals surface area contributed by atoms with E-state index < -0.39 is 5.60 Å². The monoisotopic (exact) mass is 323 g/mol. The first-order valence-electron chi connectivity index (χ1n) is 8.03. The van der Waals surface area contributed by atoms with E-state index in [0.29, 0.717) is 18.0 Å². The molecule has 3 aliphatic rings. The van der Waals surface area contributed by atoms with Crippen LogP contribution in [0.4, 0.5) is 0 Å². The molecule has 2 aromatic carbocycles. The summed E-state index contributed by atoms with van der Waals surface area (Å²) in [4.78, 5) is 4.66. The van der Waals surface area contributed by atoms with Gasteiger partial charge >= 0.3 is 0 Å². The summed E-state index contributed by atoms with van der Waals surface area (Å²) in [6.07, 6.45) is 0.837. The molecule has 1 N–H and O–H groups in total. The Kier molecular flexibility index (Phi) is 2.61. The molecule has 1 aliphatic carbocycles. The van der Waals surface area contributed by atoms with Crippen LogP contribution in [0.3, 0.4) is 0 Å². The van der Waals surface area contributed by atoms with Gasteiger partial charge in [0.25, 0.3) is 0 Å². The Morgan fingerprint density at radius 3 is 2.92 bits per heavy atom. The number of hydrogen-bond acceptors (Lipinski definition) is 5. The Hall–Kier alpha value is -2.53. The van der Waals surface area contributed by atoms with E-state index in [4.69, 9.17) is 14.2 Å². The highest BCUT2D eigenvalue weighted by Gasteiger charge is 2.44. The molecule has 0 aromatic heterocycles. The molecule has 0 saturated carbocycles. The summed E-state index contributed by atoms with van der Waals surface area (Å²) >= 11 is 0. The molecule has 5 rings (SSSR count). The van der Waals surface area contributed by atoms with Crippen molar-refractivity contribution in [3.8, 4) is 28.4 Å². The second-order valence-electron chi connectivity index (χ2n) is 6.48. The van der Waals surface area contributed by atoms with Crippen LogP contribution in [0.1, 0.15) is 23.6 Å². The van der Waals surface area contributed by atoms with Crippen LogP contribution in [0.5, 0.6) is 17.2 Å². The highest BCUT2D eigenvalue weighted by atomic mass is 16.7. The van der Waals surface area contributed by atoms with Gasteiger partial charge < -0.3 is 19.3 Å². The zero-order chi connectivity index (χ0) is 16.5. The van der Waals surface area contributed by atoms with E-state index in [0.717, 1.165) is 45.7 Å². The van der Waals surface area contributed by atoms with E-state index in [9.17, 15) is 5.11 Å². The van der Waals surface area contributed by atoms with Gasteiger partial charge in [-0.25, -0.2) is 0 Å². The molecule has 0 spiro atoms. The Bertz CT molecular complexity index is 914. The van der Waals surface area contributed by atoms with Gasteiger partial charge in [-0.05, 0) is 42.7 Å². The van der Waals surface area contributed by atoms with Crippen LogP contribution in [0, 0.1) is 0 Å². The van der Waals surface area contributed by atoms with Crippen molar-refractivity contribution in [1.29, 1.82) is 0 Å². The zero-order valence-corrected chi connectivity index (χ0v) is 13.5. The van der Waals surface area contributed by atoms with Crippen molar-refractivity contribution in [2.45, 2.75) is 18.9 Å². The Balaban J connectivity index is 1.92. The van der Waals surface area contributed by atoms with Crippen molar-refractivity contribution >= 4 is 5.71 Å². The van der Waals surface area contributed by atoms with Gasteiger partial charge in [-0.2, -0.15) is 0 Å². The summed E-state index contributed by atoms with van der Waals surface area (Å²) < 4.78 is 16.7. The van der Waals surface area contributed by atoms with Crippen molar-refractivity contribution in [1.82, 2.24) is 0 Å². The van der Waals surface area contributed by atoms with E-state index in [1.54, 1.807) is 14.0 Å². The summed E-state index contributed by atoms with van der Waals surface area (Å²) in [6.45, 7) is 2.68. The minimum absolute atomic E-state index is 0.222. The molecule has 0 saturated heterocycles. The molecule has 0 radical (unpaired) electrons. The fourth-order valence-electron chi connectivity index (χ4n) is 3.98. The maximum absolute atomic E-state index is 11.3. The van der Waals surface area contributed by atoms with Gasteiger partial charge in [0.2, 0.25) is 6.79 Å². The molecule has 5 nitrogen and oxygen atoms in total. The van der Waals surface area contributed by atoms with Gasteiger partial charge in [0, 0.05) is 23.2 Å². The predicted molar refractivity (Wildman–Crippen MR) is 89.2 cm³/mol. The number of rotatable bonds is 1. The predicted octanol–water partition coefficient (Wildman–Crippen LogP) is 2.66. The lowest BCUT2D eigenvalue weighted by Crippen LogP contribution is -2.39. The quantitative estimate of drug-likeness (QED) is 0.876. The number of aliphatic imine (C=N–C) groups is 1. The largest absolute Gasteiger partial charge is 0.497 e. The summed E-state index contributed by atoms with van der Waals surface area (Å²) in [7, 11) is 1.62. The number of aliphatic hydroxyl groups is 1. The van der Waals surface area contributed by atoms with Crippen LogP contribution in [0.2, 0.25) is 0 Å². The molecule has 0 amide bonds. The average molecular weight is 323 g/mol. The van der Waals surface area contributed by atoms with E-state index in [-0.39, 0.29) is 6.79 Å². The molecule has 2 aliphatic heterocycles. The van der Waals surface area contributed by atoms with Crippen molar-refractivity contribution in [2.75, 3.05) is 20.4 Å². The molecule has 0 fully saturated rings. The lowest BCUT2D eigenvalue weighted by molar-refractivity contribution is 0.132. The molecule has 122 valence electrons. The van der Waals surface area contributed by atoms with E-state index in [1.165, 1.54) is 0 Å². The summed E-state index contributed by atoms with van der Waals surface area (Å²) in [5.41, 5.74) is 4.39. The van der Waals surface area contributed by atoms with Crippen molar-refractivity contribution in [3.05, 3.63) is 41.0 Å². The number of benzene rings is 2. The van der Waals surface area contributed by atoms with Gasteiger partial charge in [-0.3, -0.25) is 4.99 Å². The molecule has 2 heterocycles. The van der Waals surface area contributed by atoms with E-state index in [1.807, 2.05) is 24.3 Å². The number of methoxy groups -OCH3 is 1. The van der Waals surface area contributed by atoms with Gasteiger partial charge in [-0.15, -0.1) is 0 Å². The average Bonchev–Trinajstić information content (AvgIpc) is 3.06. The molecular formula is C19H17NO4. The standard InChI is InChI=1S/C19H17NO4/c1-19(21)13-8-11(22-2)3-4-12(13)16-15-10(5-6-20-18(15)19)7-14-17(16)24-9-23-14/h3-4,7-8,21H,5-6,9H2,1-2H3/t19-/m1/s1. The summed E-state index contributed by atoms with van der Waals surface area (Å²) in [6, 6.07) is 7.79. The van der Waals surface area contributed by atoms with Crippen molar-refractivity contribution in [3.63, 3.8) is 0 Å². The van der Waals surface area contributed by atoms with Gasteiger partial charge in [0.15, 0.2) is 11.5 Å². The normalized spacial score (nSPS) is 22.5. The molecule has 5 heteroatoms. The number of nitrogens with zero attached hydrogens (tertiary/aromatic N) is 1. The van der Waals surface area contributed by atoms with Crippen molar-refractivity contribution in [2.24, 2.45) is 4.99 Å². The first-order chi connectivity index (χ1) is 11.6. The third-order valence-electron chi connectivity index (χ3n) is 5.11. The topological polar surface area (TPSA) is 60.3 Å². The lowest BCUT2D eigenvalue weighted by Gasteiger charge is -2.37. The maximum Gasteiger partial charge on any atom is 0.231 e. The van der Waals surface area contributed by atoms with Crippen molar-refractivity contribution < 1.29 is 19.3 Å². The number of ether oxygens (including phenoxy) is 3. The van der Waals surface area contributed by atoms with Gasteiger partial charge in [0.05, 0.1) is 12.8 Å². The minimum Gasteiger partial charge on any atom is -0.497 e. The first-order valence-corrected chi connectivity index (χ1v) is 8.03.